The van der Waals surface area contributed by atoms with Crippen molar-refractivity contribution in [1.29, 1.82) is 5.26 Å². The van der Waals surface area contributed by atoms with Crippen LogP contribution >= 0.6 is 0 Å². The lowest BCUT2D eigenvalue weighted by molar-refractivity contribution is -0.385. The van der Waals surface area contributed by atoms with Crippen molar-refractivity contribution < 1.29 is 13.3 Å². The van der Waals surface area contributed by atoms with Crippen LogP contribution in [-0.2, 0) is 10.0 Å². The molecule has 0 aliphatic carbocycles. The summed E-state index contributed by atoms with van der Waals surface area (Å²) in [5, 5.41) is 19.6. The molecule has 1 aromatic rings. The third-order valence-corrected chi connectivity index (χ3v) is 4.32. The Morgan fingerprint density at radius 2 is 2.15 bits per heavy atom. The van der Waals surface area contributed by atoms with Crippen LogP contribution in [0, 0.1) is 28.4 Å². The molecule has 1 atom stereocenters. The molecule has 1 rings (SSSR count). The minimum atomic E-state index is -3.96. The quantitative estimate of drug-likeness (QED) is 0.636. The van der Waals surface area contributed by atoms with Crippen molar-refractivity contribution in [3.05, 3.63) is 33.9 Å². The normalized spacial score (nSPS) is 12.7. The van der Waals surface area contributed by atoms with Gasteiger partial charge in [-0.25, -0.2) is 8.42 Å². The van der Waals surface area contributed by atoms with Crippen molar-refractivity contribution >= 4 is 15.7 Å². The molecule has 0 amide bonds. The fourth-order valence-electron chi connectivity index (χ4n) is 1.68. The topological polar surface area (TPSA) is 113 Å². The highest BCUT2D eigenvalue weighted by molar-refractivity contribution is 7.89. The number of nitrogens with one attached hydrogen (secondary N) is 1. The first-order valence-electron chi connectivity index (χ1n) is 5.98. The highest BCUT2D eigenvalue weighted by Crippen LogP contribution is 2.22. The number of sulfonamides is 1. The number of non-ortho nitro benzene ring substituents is 1. The largest absolute Gasteiger partial charge is 0.270 e. The predicted molar refractivity (Wildman–Crippen MR) is 72.5 cm³/mol. The van der Waals surface area contributed by atoms with Crippen LogP contribution in [0.2, 0.25) is 0 Å². The first-order valence-corrected chi connectivity index (χ1v) is 7.47. The molecule has 0 fully saturated rings. The van der Waals surface area contributed by atoms with Gasteiger partial charge >= 0.3 is 0 Å². The molecule has 0 aliphatic heterocycles. The van der Waals surface area contributed by atoms with Crippen LogP contribution in [0.15, 0.2) is 23.1 Å². The average Bonchev–Trinajstić information content (AvgIpc) is 2.37. The molecule has 1 N–H and O–H groups in total. The Labute approximate surface area is 117 Å². The van der Waals surface area contributed by atoms with Crippen molar-refractivity contribution in [2.24, 2.45) is 0 Å². The van der Waals surface area contributed by atoms with Gasteiger partial charge in [-0.2, -0.15) is 9.98 Å². The molecule has 0 saturated carbocycles. The number of nitriles is 1. The second-order valence-corrected chi connectivity index (χ2v) is 5.98. The third kappa shape index (κ3) is 3.76. The third-order valence-electron chi connectivity index (χ3n) is 2.70. The van der Waals surface area contributed by atoms with E-state index >= 15 is 0 Å². The lowest BCUT2D eigenvalue weighted by atomic mass is 10.2. The minimum absolute atomic E-state index is 0.178. The lowest BCUT2D eigenvalue weighted by Crippen LogP contribution is -2.34. The molecular weight excluding hydrogens is 282 g/mol. The highest BCUT2D eigenvalue weighted by Gasteiger charge is 2.23. The molecule has 0 spiro atoms. The minimum Gasteiger partial charge on any atom is -0.258 e. The van der Waals surface area contributed by atoms with E-state index in [4.69, 9.17) is 5.26 Å². The maximum absolute atomic E-state index is 12.2. The van der Waals surface area contributed by atoms with Crippen LogP contribution in [0.3, 0.4) is 0 Å². The molecule has 0 saturated heterocycles. The maximum atomic E-state index is 12.2. The first-order chi connectivity index (χ1) is 9.31. The van der Waals surface area contributed by atoms with E-state index in [0.29, 0.717) is 18.4 Å². The summed E-state index contributed by atoms with van der Waals surface area (Å²) in [4.78, 5) is 9.87. The molecule has 20 heavy (non-hydrogen) atoms. The van der Waals surface area contributed by atoms with Crippen LogP contribution in [0.1, 0.15) is 25.3 Å². The van der Waals surface area contributed by atoms with E-state index in [2.05, 4.69) is 4.72 Å². The van der Waals surface area contributed by atoms with Gasteiger partial charge in [-0.15, -0.1) is 0 Å². The standard InChI is InChI=1S/C12H15N3O4S/c1-3-4-10(8-13)14-20(18,19)12-7-11(15(16)17)6-5-9(12)2/h5-7,10,14H,3-4H2,1-2H3. The van der Waals surface area contributed by atoms with E-state index in [1.54, 1.807) is 6.92 Å². The SMILES string of the molecule is CCCC(C#N)NS(=O)(=O)c1cc([N+](=O)[O-])ccc1C. The summed E-state index contributed by atoms with van der Waals surface area (Å²) in [6.45, 7) is 3.37. The van der Waals surface area contributed by atoms with Crippen LogP contribution in [0.4, 0.5) is 5.69 Å². The number of rotatable bonds is 6. The lowest BCUT2D eigenvalue weighted by Gasteiger charge is -2.12. The monoisotopic (exact) mass is 297 g/mol. The average molecular weight is 297 g/mol. The van der Waals surface area contributed by atoms with Gasteiger partial charge in [0.2, 0.25) is 10.0 Å². The number of benzene rings is 1. The van der Waals surface area contributed by atoms with Crippen molar-refractivity contribution in [3.8, 4) is 6.07 Å². The van der Waals surface area contributed by atoms with Crippen molar-refractivity contribution in [2.75, 3.05) is 0 Å². The zero-order valence-corrected chi connectivity index (χ0v) is 12.0. The Morgan fingerprint density at radius 1 is 1.50 bits per heavy atom. The number of hydrogen-bond donors (Lipinski definition) is 1. The van der Waals surface area contributed by atoms with Crippen molar-refractivity contribution in [1.82, 2.24) is 4.72 Å². The fraction of sp³-hybridized carbons (Fsp3) is 0.417. The summed E-state index contributed by atoms with van der Waals surface area (Å²) >= 11 is 0. The number of aryl methyl sites for hydroxylation is 1. The van der Waals surface area contributed by atoms with Gasteiger partial charge in [-0.3, -0.25) is 10.1 Å². The number of nitro benzene ring substituents is 1. The molecule has 8 heteroatoms. The van der Waals surface area contributed by atoms with Gasteiger partial charge in [0.25, 0.3) is 5.69 Å². The molecule has 0 heterocycles. The summed E-state index contributed by atoms with van der Waals surface area (Å²) < 4.78 is 26.6. The predicted octanol–water partition coefficient (Wildman–Crippen LogP) is 1.87. The summed E-state index contributed by atoms with van der Waals surface area (Å²) in [6.07, 6.45) is 1.03. The molecule has 108 valence electrons. The Bertz CT molecular complexity index is 649. The Morgan fingerprint density at radius 3 is 2.65 bits per heavy atom. The van der Waals surface area contributed by atoms with E-state index < -0.39 is 21.0 Å². The van der Waals surface area contributed by atoms with Gasteiger partial charge in [0, 0.05) is 12.1 Å². The fourth-order valence-corrected chi connectivity index (χ4v) is 3.12. The van der Waals surface area contributed by atoms with E-state index in [1.807, 2.05) is 13.0 Å². The van der Waals surface area contributed by atoms with Crippen LogP contribution in [0.25, 0.3) is 0 Å². The summed E-state index contributed by atoms with van der Waals surface area (Å²) in [5.41, 5.74) is 0.0799. The summed E-state index contributed by atoms with van der Waals surface area (Å²) in [6, 6.07) is 4.62. The zero-order chi connectivity index (χ0) is 15.3. The summed E-state index contributed by atoms with van der Waals surface area (Å²) in [7, 11) is -3.96. The van der Waals surface area contributed by atoms with Gasteiger partial charge < -0.3 is 0 Å². The zero-order valence-electron chi connectivity index (χ0n) is 11.2. The van der Waals surface area contributed by atoms with Gasteiger partial charge in [0.15, 0.2) is 0 Å². The van der Waals surface area contributed by atoms with E-state index in [0.717, 1.165) is 6.07 Å². The smallest absolute Gasteiger partial charge is 0.258 e. The molecule has 0 aromatic heterocycles. The van der Waals surface area contributed by atoms with Crippen LogP contribution in [0.5, 0.6) is 0 Å². The van der Waals surface area contributed by atoms with Gasteiger partial charge in [0.05, 0.1) is 15.9 Å². The second kappa shape index (κ2) is 6.45. The number of hydrogen-bond acceptors (Lipinski definition) is 5. The van der Waals surface area contributed by atoms with Crippen molar-refractivity contribution in [2.45, 2.75) is 37.6 Å². The molecule has 7 nitrogen and oxygen atoms in total. The molecule has 1 unspecified atom stereocenters. The van der Waals surface area contributed by atoms with Gasteiger partial charge in [-0.1, -0.05) is 19.4 Å². The summed E-state index contributed by atoms with van der Waals surface area (Å²) in [5.74, 6) is 0. The highest BCUT2D eigenvalue weighted by atomic mass is 32.2. The Kier molecular flexibility index (Phi) is 5.19. The van der Waals surface area contributed by atoms with Gasteiger partial charge in [0.1, 0.15) is 6.04 Å². The van der Waals surface area contributed by atoms with Gasteiger partial charge in [-0.05, 0) is 18.9 Å². The Hall–Kier alpha value is -1.98. The Balaban J connectivity index is 3.18. The van der Waals surface area contributed by atoms with Crippen LogP contribution < -0.4 is 4.72 Å². The van der Waals surface area contributed by atoms with Crippen LogP contribution in [-0.4, -0.2) is 19.4 Å². The molecular formula is C12H15N3O4S. The number of nitro groups is 1. The maximum Gasteiger partial charge on any atom is 0.270 e. The van der Waals surface area contributed by atoms with Crippen molar-refractivity contribution in [3.63, 3.8) is 0 Å². The second-order valence-electron chi connectivity index (χ2n) is 4.30. The number of nitrogens with zero attached hydrogens (tertiary/aromatic N) is 2. The molecule has 1 aromatic carbocycles. The van der Waals surface area contributed by atoms with E-state index in [9.17, 15) is 18.5 Å². The van der Waals surface area contributed by atoms with E-state index in [-0.39, 0.29) is 10.6 Å². The molecule has 0 radical (unpaired) electrons. The first kappa shape index (κ1) is 16.1. The van der Waals surface area contributed by atoms with E-state index in [1.165, 1.54) is 12.1 Å². The molecule has 0 aliphatic rings. The molecule has 0 bridgehead atoms.